The number of nitrogens with two attached hydrogens (primary N) is 2. The van der Waals surface area contributed by atoms with E-state index in [1.54, 1.807) is 66.9 Å². The van der Waals surface area contributed by atoms with Gasteiger partial charge in [0.05, 0.1) is 27.6 Å². The number of carbonyl (C=O) groups excluding carboxylic acids is 1. The van der Waals surface area contributed by atoms with Crippen LogP contribution in [0.15, 0.2) is 214 Å². The molecule has 0 bridgehead atoms. The maximum absolute atomic E-state index is 13.3. The molecule has 0 aliphatic carbocycles. The maximum atomic E-state index is 13.3. The Morgan fingerprint density at radius 1 is 0.366 bits per heavy atom. The summed E-state index contributed by atoms with van der Waals surface area (Å²) in [6.07, 6.45) is 0.668. The monoisotopic (exact) mass is 1450 g/mol. The zero-order valence-electron chi connectivity index (χ0n) is 48.0. The molecule has 7 heterocycles. The molecular formula is C68H44Br3F8N13O. The second kappa shape index (κ2) is 29.8. The van der Waals surface area contributed by atoms with Crippen molar-refractivity contribution < 1.29 is 39.9 Å². The molecule has 14 nitrogen and oxygen atoms in total. The van der Waals surface area contributed by atoms with E-state index in [9.17, 15) is 39.9 Å². The standard InChI is InChI=1S/2C19H12F3N5.C10H6BrF2N.C10H6BrNO.C10H8BrN/c2*20-12-4-1-10(2-5-12)16-17(26-27-19(23)25-16)11-3-6-15-14(9-11)13(18(21)22)7-8-24-15;11-6-1-2-9-8(5-6)7(10(12)13)3-4-14-9;11-8-1-2-10-9(5-8)7(6-13)3-4-12-10;1-7-4-5-12-10-3-2-8(11)6-9(7)10/h2*1-9,18H,(H2,23,25,27);1-5,10H;1-6H;2-6H,1H3. The molecule has 14 aromatic rings. The normalized spacial score (nSPS) is 11.0. The van der Waals surface area contributed by atoms with Crippen molar-refractivity contribution in [3.05, 3.63) is 254 Å². The van der Waals surface area contributed by atoms with E-state index < -0.39 is 30.9 Å². The molecule has 93 heavy (non-hydrogen) atoms. The van der Waals surface area contributed by atoms with Crippen molar-refractivity contribution in [2.75, 3.05) is 11.5 Å². The van der Waals surface area contributed by atoms with Crippen LogP contribution >= 0.6 is 47.8 Å². The second-order valence-corrected chi connectivity index (χ2v) is 22.7. The van der Waals surface area contributed by atoms with E-state index in [0.29, 0.717) is 83.3 Å². The van der Waals surface area contributed by atoms with Crippen molar-refractivity contribution in [3.8, 4) is 45.0 Å². The first-order valence-corrected chi connectivity index (χ1v) is 29.9. The summed E-state index contributed by atoms with van der Waals surface area (Å²) in [6, 6.07) is 45.7. The van der Waals surface area contributed by atoms with Crippen molar-refractivity contribution >= 4 is 120 Å². The lowest BCUT2D eigenvalue weighted by atomic mass is 10.0. The van der Waals surface area contributed by atoms with Crippen LogP contribution in [0.1, 0.15) is 51.9 Å². The molecule has 0 saturated carbocycles. The van der Waals surface area contributed by atoms with E-state index in [0.717, 1.165) is 36.1 Å². The minimum atomic E-state index is -2.64. The predicted molar refractivity (Wildman–Crippen MR) is 354 cm³/mol. The number of aryl methyl sites for hydroxylation is 1. The number of fused-ring (bicyclic) bond motifs is 5. The van der Waals surface area contributed by atoms with Gasteiger partial charge in [0, 0.05) is 116 Å². The number of carbonyl (C=O) groups is 1. The number of hydrogen-bond acceptors (Lipinski definition) is 14. The lowest BCUT2D eigenvalue weighted by molar-refractivity contribution is 0.112. The number of halogens is 11. The highest BCUT2D eigenvalue weighted by Gasteiger charge is 2.20. The van der Waals surface area contributed by atoms with Crippen molar-refractivity contribution in [1.82, 2.24) is 55.3 Å². The third kappa shape index (κ3) is 15.9. The summed E-state index contributed by atoms with van der Waals surface area (Å²) in [5.74, 6) is -0.884. The number of benzene rings is 7. The molecule has 0 amide bonds. The van der Waals surface area contributed by atoms with Crippen LogP contribution in [0.2, 0.25) is 0 Å². The molecule has 7 aromatic heterocycles. The maximum Gasteiger partial charge on any atom is 0.264 e. The highest BCUT2D eigenvalue weighted by Crippen LogP contribution is 2.36. The van der Waals surface area contributed by atoms with Crippen LogP contribution in [0.3, 0.4) is 0 Å². The lowest BCUT2D eigenvalue weighted by Crippen LogP contribution is -2.02. The van der Waals surface area contributed by atoms with Gasteiger partial charge in [0.1, 0.15) is 34.4 Å². The van der Waals surface area contributed by atoms with E-state index in [1.165, 1.54) is 96.3 Å². The fourth-order valence-electron chi connectivity index (χ4n) is 9.52. The Bertz CT molecular complexity index is 4840. The third-order valence-electron chi connectivity index (χ3n) is 14.0. The van der Waals surface area contributed by atoms with Gasteiger partial charge in [-0.05, 0) is 170 Å². The van der Waals surface area contributed by atoms with Crippen LogP contribution in [0.25, 0.3) is 99.5 Å². The zero-order valence-corrected chi connectivity index (χ0v) is 52.8. The summed E-state index contributed by atoms with van der Waals surface area (Å²) in [4.78, 5) is 39.8. The SMILES string of the molecule is Cc1ccnc2ccc(Br)cc12.FC(F)c1ccnc2ccc(Br)cc12.Nc1nnc(-c2ccc3nccc(C(F)F)c3c2)c(-c2ccc(F)cc2)n1.Nc1nnc(-c2ccc3nccc(C(F)F)c3c2)c(-c2ccc(F)cc2)n1.O=Cc1ccnc2ccc(Br)cc12. The Labute approximate surface area is 548 Å². The molecule has 464 valence electrons. The fraction of sp³-hybridized carbons (Fsp3) is 0.0588. The number of anilines is 2. The third-order valence-corrected chi connectivity index (χ3v) is 15.4. The van der Waals surface area contributed by atoms with E-state index in [-0.39, 0.29) is 28.6 Å². The molecule has 0 atom stereocenters. The number of aldehydes is 1. The second-order valence-electron chi connectivity index (χ2n) is 19.9. The molecule has 4 N–H and O–H groups in total. The summed E-state index contributed by atoms with van der Waals surface area (Å²) in [5.41, 5.74) is 20.1. The number of aromatic nitrogens is 11. The van der Waals surface area contributed by atoms with Crippen molar-refractivity contribution in [2.24, 2.45) is 0 Å². The molecule has 0 unspecified atom stereocenters. The predicted octanol–water partition coefficient (Wildman–Crippen LogP) is 18.9. The van der Waals surface area contributed by atoms with Crippen LogP contribution < -0.4 is 11.5 Å². The molecule has 0 aliphatic rings. The first kappa shape index (κ1) is 65.7. The van der Waals surface area contributed by atoms with Crippen LogP contribution in [0.5, 0.6) is 0 Å². The van der Waals surface area contributed by atoms with Crippen LogP contribution in [-0.2, 0) is 0 Å². The Morgan fingerprint density at radius 2 is 0.688 bits per heavy atom. The van der Waals surface area contributed by atoms with Gasteiger partial charge in [0.15, 0.2) is 6.29 Å². The highest BCUT2D eigenvalue weighted by atomic mass is 79.9. The molecule has 0 spiro atoms. The summed E-state index contributed by atoms with van der Waals surface area (Å²) < 4.78 is 108. The van der Waals surface area contributed by atoms with Crippen molar-refractivity contribution in [3.63, 3.8) is 0 Å². The van der Waals surface area contributed by atoms with Crippen molar-refractivity contribution in [1.29, 1.82) is 0 Å². The molecule has 0 saturated heterocycles. The van der Waals surface area contributed by atoms with Crippen LogP contribution in [0, 0.1) is 18.6 Å². The average molecular weight is 1450 g/mol. The smallest absolute Gasteiger partial charge is 0.264 e. The van der Waals surface area contributed by atoms with Gasteiger partial charge in [-0.25, -0.2) is 45.1 Å². The van der Waals surface area contributed by atoms with Gasteiger partial charge in [-0.3, -0.25) is 29.7 Å². The number of nitrogen functional groups attached to an aromatic ring is 2. The number of hydrogen-bond donors (Lipinski definition) is 2. The molecule has 7 aromatic carbocycles. The number of rotatable bonds is 8. The summed E-state index contributed by atoms with van der Waals surface area (Å²) in [5, 5.41) is 19.0. The van der Waals surface area contributed by atoms with Gasteiger partial charge < -0.3 is 11.5 Å². The fourth-order valence-corrected chi connectivity index (χ4v) is 10.6. The van der Waals surface area contributed by atoms with Crippen LogP contribution in [0.4, 0.5) is 47.0 Å². The van der Waals surface area contributed by atoms with Crippen molar-refractivity contribution in [2.45, 2.75) is 26.2 Å². The average Bonchev–Trinajstić information content (AvgIpc) is 0.853. The van der Waals surface area contributed by atoms with E-state index in [4.69, 9.17) is 11.5 Å². The Hall–Kier alpha value is -10.2. The number of nitrogens with zero attached hydrogens (tertiary/aromatic N) is 11. The minimum Gasteiger partial charge on any atom is -0.366 e. The Kier molecular flexibility index (Phi) is 21.1. The minimum absolute atomic E-state index is 0.0244. The van der Waals surface area contributed by atoms with Gasteiger partial charge in [-0.2, -0.15) is 0 Å². The van der Waals surface area contributed by atoms with Gasteiger partial charge in [-0.15, -0.1) is 20.4 Å². The van der Waals surface area contributed by atoms with E-state index in [1.807, 2.05) is 42.6 Å². The van der Waals surface area contributed by atoms with Gasteiger partial charge >= 0.3 is 0 Å². The quantitative estimate of drug-likeness (QED) is 0.107. The molecule has 25 heteroatoms. The molecule has 14 rings (SSSR count). The first-order chi connectivity index (χ1) is 44.8. The summed E-state index contributed by atoms with van der Waals surface area (Å²) >= 11 is 10.0. The summed E-state index contributed by atoms with van der Waals surface area (Å²) in [7, 11) is 0. The Morgan fingerprint density at radius 3 is 1.09 bits per heavy atom. The van der Waals surface area contributed by atoms with Gasteiger partial charge in [-0.1, -0.05) is 59.9 Å². The van der Waals surface area contributed by atoms with E-state index in [2.05, 4.69) is 116 Å². The number of alkyl halides is 6. The Balaban J connectivity index is 0.000000133. The molecular weight excluding hydrogens is 1410 g/mol. The zero-order chi connectivity index (χ0) is 65.9. The molecule has 0 radical (unpaired) electrons. The van der Waals surface area contributed by atoms with Crippen LogP contribution in [-0.4, -0.2) is 61.6 Å². The topological polar surface area (TPSA) is 211 Å². The largest absolute Gasteiger partial charge is 0.366 e. The molecule has 0 fully saturated rings. The van der Waals surface area contributed by atoms with Gasteiger partial charge in [0.2, 0.25) is 11.9 Å². The lowest BCUT2D eigenvalue weighted by Gasteiger charge is -2.10. The first-order valence-electron chi connectivity index (χ1n) is 27.5. The summed E-state index contributed by atoms with van der Waals surface area (Å²) in [6.45, 7) is 2.09. The van der Waals surface area contributed by atoms with E-state index >= 15 is 0 Å². The molecule has 0 aliphatic heterocycles. The van der Waals surface area contributed by atoms with Gasteiger partial charge in [0.25, 0.3) is 19.3 Å². The highest BCUT2D eigenvalue weighted by molar-refractivity contribution is 9.11. The number of pyridine rings is 5.